The van der Waals surface area contributed by atoms with Crippen LogP contribution in [0.15, 0.2) is 54.6 Å². The molecule has 0 fully saturated rings. The summed E-state index contributed by atoms with van der Waals surface area (Å²) in [5.74, 6) is 0.208. The van der Waals surface area contributed by atoms with Crippen LogP contribution in [0.2, 0.25) is 0 Å². The van der Waals surface area contributed by atoms with Gasteiger partial charge < -0.3 is 15.4 Å². The largest absolute Gasteiger partial charge is 0.484 e. The second-order valence-corrected chi connectivity index (χ2v) is 4.97. The molecule has 2 N–H and O–H groups in total. The molecule has 2 aromatic carbocycles. The lowest BCUT2D eigenvalue weighted by atomic mass is 10.2. The first-order valence-corrected chi connectivity index (χ1v) is 7.73. The van der Waals surface area contributed by atoms with Crippen LogP contribution in [0.5, 0.6) is 5.75 Å². The van der Waals surface area contributed by atoms with Crippen LogP contribution < -0.4 is 15.4 Å². The van der Waals surface area contributed by atoms with E-state index in [9.17, 15) is 9.59 Å². The SMILES string of the molecule is O=C(CBr)Nc1cccc(NC(=O)COc2ccccc2)c1. The van der Waals surface area contributed by atoms with Gasteiger partial charge in [0, 0.05) is 11.4 Å². The Kier molecular flexibility index (Phi) is 5.97. The number of hydrogen-bond acceptors (Lipinski definition) is 3. The van der Waals surface area contributed by atoms with Gasteiger partial charge in [-0.3, -0.25) is 9.59 Å². The summed E-state index contributed by atoms with van der Waals surface area (Å²) in [4.78, 5) is 23.2. The number of carbonyl (C=O) groups excluding carboxylic acids is 2. The standard InChI is InChI=1S/C16H15BrN2O3/c17-10-15(20)18-12-5-4-6-13(9-12)19-16(21)11-22-14-7-2-1-3-8-14/h1-9H,10-11H2,(H,18,20)(H,19,21). The molecule has 5 nitrogen and oxygen atoms in total. The van der Waals surface area contributed by atoms with Crippen molar-refractivity contribution < 1.29 is 14.3 Å². The van der Waals surface area contributed by atoms with E-state index in [0.717, 1.165) is 0 Å². The van der Waals surface area contributed by atoms with E-state index < -0.39 is 0 Å². The molecular weight excluding hydrogens is 348 g/mol. The third-order valence-electron chi connectivity index (χ3n) is 2.66. The van der Waals surface area contributed by atoms with E-state index in [2.05, 4.69) is 26.6 Å². The zero-order chi connectivity index (χ0) is 15.8. The summed E-state index contributed by atoms with van der Waals surface area (Å²) in [5, 5.41) is 5.63. The van der Waals surface area contributed by atoms with Gasteiger partial charge in [-0.05, 0) is 30.3 Å². The van der Waals surface area contributed by atoms with E-state index in [1.54, 1.807) is 36.4 Å². The van der Waals surface area contributed by atoms with Gasteiger partial charge in [0.1, 0.15) is 5.75 Å². The van der Waals surface area contributed by atoms with Gasteiger partial charge in [0.05, 0.1) is 5.33 Å². The van der Waals surface area contributed by atoms with Crippen molar-refractivity contribution in [1.29, 1.82) is 0 Å². The van der Waals surface area contributed by atoms with Crippen LogP contribution >= 0.6 is 15.9 Å². The third-order valence-corrected chi connectivity index (χ3v) is 3.17. The van der Waals surface area contributed by atoms with E-state index in [1.165, 1.54) is 0 Å². The van der Waals surface area contributed by atoms with Gasteiger partial charge in [-0.2, -0.15) is 0 Å². The van der Waals surface area contributed by atoms with Crippen LogP contribution in [-0.2, 0) is 9.59 Å². The van der Waals surface area contributed by atoms with Crippen LogP contribution in [0.4, 0.5) is 11.4 Å². The summed E-state index contributed by atoms with van der Waals surface area (Å²) in [6, 6.07) is 16.0. The van der Waals surface area contributed by atoms with Crippen molar-refractivity contribution in [3.05, 3.63) is 54.6 Å². The molecule has 0 aliphatic heterocycles. The summed E-state index contributed by atoms with van der Waals surface area (Å²) >= 11 is 3.08. The van der Waals surface area contributed by atoms with Crippen molar-refractivity contribution in [3.63, 3.8) is 0 Å². The van der Waals surface area contributed by atoms with Crippen molar-refractivity contribution in [2.24, 2.45) is 0 Å². The number of nitrogens with one attached hydrogen (secondary N) is 2. The molecule has 0 atom stereocenters. The number of rotatable bonds is 6. The van der Waals surface area contributed by atoms with Gasteiger partial charge in [-0.25, -0.2) is 0 Å². The Morgan fingerprint density at radius 1 is 0.909 bits per heavy atom. The summed E-state index contributed by atoms with van der Waals surface area (Å²) in [6.45, 7) is -0.0813. The Labute approximate surface area is 136 Å². The minimum atomic E-state index is -0.271. The van der Waals surface area contributed by atoms with Crippen molar-refractivity contribution >= 4 is 39.1 Å². The molecule has 0 radical (unpaired) electrons. The van der Waals surface area contributed by atoms with E-state index in [0.29, 0.717) is 17.1 Å². The number of alkyl halides is 1. The molecule has 0 aliphatic carbocycles. The van der Waals surface area contributed by atoms with Gasteiger partial charge >= 0.3 is 0 Å². The highest BCUT2D eigenvalue weighted by atomic mass is 79.9. The average Bonchev–Trinajstić information content (AvgIpc) is 2.54. The molecule has 0 spiro atoms. The lowest BCUT2D eigenvalue weighted by Crippen LogP contribution is -2.20. The second-order valence-electron chi connectivity index (χ2n) is 4.41. The fourth-order valence-corrected chi connectivity index (χ4v) is 1.87. The molecule has 2 rings (SSSR count). The van der Waals surface area contributed by atoms with Gasteiger partial charge in [0.15, 0.2) is 6.61 Å². The van der Waals surface area contributed by atoms with Crippen molar-refractivity contribution in [2.75, 3.05) is 22.6 Å². The first kappa shape index (κ1) is 16.0. The van der Waals surface area contributed by atoms with Crippen LogP contribution in [0.1, 0.15) is 0 Å². The van der Waals surface area contributed by atoms with E-state index in [1.807, 2.05) is 18.2 Å². The first-order valence-electron chi connectivity index (χ1n) is 6.61. The predicted octanol–water partition coefficient (Wildman–Crippen LogP) is 3.04. The summed E-state index contributed by atoms with van der Waals surface area (Å²) < 4.78 is 5.36. The van der Waals surface area contributed by atoms with Crippen molar-refractivity contribution in [3.8, 4) is 5.75 Å². The summed E-state index contributed by atoms with van der Waals surface area (Å²) in [7, 11) is 0. The molecule has 0 aliphatic rings. The minimum absolute atomic E-state index is 0.0813. The molecule has 114 valence electrons. The highest BCUT2D eigenvalue weighted by molar-refractivity contribution is 9.09. The Morgan fingerprint density at radius 2 is 1.55 bits per heavy atom. The Balaban J connectivity index is 1.88. The monoisotopic (exact) mass is 362 g/mol. The molecule has 0 bridgehead atoms. The fraction of sp³-hybridized carbons (Fsp3) is 0.125. The van der Waals surface area contributed by atoms with Crippen molar-refractivity contribution in [2.45, 2.75) is 0 Å². The summed E-state index contributed by atoms with van der Waals surface area (Å²) in [6.07, 6.45) is 0. The molecule has 0 saturated carbocycles. The molecule has 6 heteroatoms. The maximum Gasteiger partial charge on any atom is 0.262 e. The third kappa shape index (κ3) is 5.21. The molecule has 22 heavy (non-hydrogen) atoms. The molecule has 0 heterocycles. The van der Waals surface area contributed by atoms with Crippen molar-refractivity contribution in [1.82, 2.24) is 0 Å². The maximum absolute atomic E-state index is 11.8. The van der Waals surface area contributed by atoms with Gasteiger partial charge in [-0.15, -0.1) is 0 Å². The van der Waals surface area contributed by atoms with Gasteiger partial charge in [0.2, 0.25) is 5.91 Å². The lowest BCUT2D eigenvalue weighted by molar-refractivity contribution is -0.118. The second kappa shape index (κ2) is 8.19. The minimum Gasteiger partial charge on any atom is -0.484 e. The smallest absolute Gasteiger partial charge is 0.262 e. The Hall–Kier alpha value is -2.34. The van der Waals surface area contributed by atoms with E-state index >= 15 is 0 Å². The molecule has 2 amide bonds. The van der Waals surface area contributed by atoms with E-state index in [-0.39, 0.29) is 23.8 Å². The Morgan fingerprint density at radius 3 is 2.18 bits per heavy atom. The number of ether oxygens (including phenoxy) is 1. The number of halogens is 1. The maximum atomic E-state index is 11.8. The van der Waals surface area contributed by atoms with Crippen LogP contribution in [0.3, 0.4) is 0 Å². The number of carbonyl (C=O) groups is 2. The summed E-state index contributed by atoms with van der Waals surface area (Å²) in [5.41, 5.74) is 1.21. The number of hydrogen-bond donors (Lipinski definition) is 2. The van der Waals surface area contributed by atoms with E-state index in [4.69, 9.17) is 4.74 Å². The van der Waals surface area contributed by atoms with Crippen LogP contribution in [0, 0.1) is 0 Å². The molecule has 0 aromatic heterocycles. The zero-order valence-corrected chi connectivity index (χ0v) is 13.3. The topological polar surface area (TPSA) is 67.4 Å². The Bertz CT molecular complexity index is 647. The first-order chi connectivity index (χ1) is 10.7. The lowest BCUT2D eigenvalue weighted by Gasteiger charge is -2.09. The highest BCUT2D eigenvalue weighted by Gasteiger charge is 2.05. The molecule has 0 unspecified atom stereocenters. The van der Waals surface area contributed by atoms with Crippen LogP contribution in [0.25, 0.3) is 0 Å². The highest BCUT2D eigenvalue weighted by Crippen LogP contribution is 2.15. The number of amides is 2. The van der Waals surface area contributed by atoms with Gasteiger partial charge in [0.25, 0.3) is 5.91 Å². The zero-order valence-electron chi connectivity index (χ0n) is 11.7. The quantitative estimate of drug-likeness (QED) is 0.776. The average molecular weight is 363 g/mol. The predicted molar refractivity (Wildman–Crippen MR) is 89.4 cm³/mol. The molecular formula is C16H15BrN2O3. The number of para-hydroxylation sites is 1. The van der Waals surface area contributed by atoms with Gasteiger partial charge in [-0.1, -0.05) is 40.2 Å². The number of anilines is 2. The number of benzene rings is 2. The van der Waals surface area contributed by atoms with Crippen LogP contribution in [-0.4, -0.2) is 23.8 Å². The molecule has 0 saturated heterocycles. The molecule has 2 aromatic rings. The fourth-order valence-electron chi connectivity index (χ4n) is 1.73. The normalized spacial score (nSPS) is 9.86.